The van der Waals surface area contributed by atoms with E-state index in [1.165, 1.54) is 0 Å². The average Bonchev–Trinajstić information content (AvgIpc) is 3.02. The predicted molar refractivity (Wildman–Crippen MR) is 81.6 cm³/mol. The van der Waals surface area contributed by atoms with Gasteiger partial charge in [-0.1, -0.05) is 18.2 Å². The van der Waals surface area contributed by atoms with Gasteiger partial charge >= 0.3 is 0 Å². The van der Waals surface area contributed by atoms with Crippen LogP contribution < -0.4 is 10.1 Å². The normalized spacial score (nSPS) is 23.1. The fraction of sp³-hybridized carbons (Fsp3) is 0.412. The monoisotopic (exact) mass is 297 g/mol. The minimum atomic E-state index is -0.0981. The molecule has 1 aromatic carbocycles. The van der Waals surface area contributed by atoms with Gasteiger partial charge in [0.2, 0.25) is 5.91 Å². The van der Waals surface area contributed by atoms with Gasteiger partial charge in [0, 0.05) is 31.4 Å². The summed E-state index contributed by atoms with van der Waals surface area (Å²) in [5.41, 5.74) is 1.12. The van der Waals surface area contributed by atoms with E-state index >= 15 is 0 Å². The second kappa shape index (κ2) is 5.48. The van der Waals surface area contributed by atoms with Gasteiger partial charge < -0.3 is 14.6 Å². The highest BCUT2D eigenvalue weighted by Crippen LogP contribution is 2.27. The molecule has 2 atom stereocenters. The van der Waals surface area contributed by atoms with Crippen molar-refractivity contribution in [2.75, 3.05) is 6.61 Å². The molecular weight excluding hydrogens is 278 g/mol. The molecule has 2 aromatic rings. The molecule has 3 heterocycles. The van der Waals surface area contributed by atoms with E-state index in [4.69, 9.17) is 4.74 Å². The van der Waals surface area contributed by atoms with E-state index in [0.29, 0.717) is 6.61 Å². The molecule has 2 aliphatic heterocycles. The lowest BCUT2D eigenvalue weighted by molar-refractivity contribution is -0.127. The first-order valence-corrected chi connectivity index (χ1v) is 7.80. The highest BCUT2D eigenvalue weighted by molar-refractivity contribution is 5.80. The standard InChI is InChI=1S/C17H19N3O2/c21-17(13-9-12-3-1-2-4-15(12)22-11-13)19-14-5-6-16-18-7-8-20(16)10-14/h1-4,7-8,13-14H,5-6,9-11H2,(H,19,21)/t13-,14-/m1/s1. The number of hydrogen-bond acceptors (Lipinski definition) is 3. The van der Waals surface area contributed by atoms with Crippen LogP contribution in [0.5, 0.6) is 5.75 Å². The molecule has 0 unspecified atom stereocenters. The summed E-state index contributed by atoms with van der Waals surface area (Å²) in [7, 11) is 0. The van der Waals surface area contributed by atoms with E-state index in [1.54, 1.807) is 0 Å². The number of amides is 1. The van der Waals surface area contributed by atoms with Gasteiger partial charge in [0.05, 0.1) is 5.92 Å². The molecule has 114 valence electrons. The predicted octanol–water partition coefficient (Wildman–Crippen LogP) is 1.57. The van der Waals surface area contributed by atoms with E-state index in [-0.39, 0.29) is 17.9 Å². The SMILES string of the molecule is O=C(N[C@@H]1CCc2nccn2C1)[C@H]1COc2ccccc2C1. The van der Waals surface area contributed by atoms with Crippen LogP contribution >= 0.6 is 0 Å². The molecule has 1 N–H and O–H groups in total. The molecular formula is C17H19N3O2. The van der Waals surface area contributed by atoms with Crippen molar-refractivity contribution < 1.29 is 9.53 Å². The zero-order chi connectivity index (χ0) is 14.9. The average molecular weight is 297 g/mol. The van der Waals surface area contributed by atoms with Crippen molar-refractivity contribution in [1.82, 2.24) is 14.9 Å². The Morgan fingerprint density at radius 2 is 2.27 bits per heavy atom. The number of fused-ring (bicyclic) bond motifs is 2. The Labute approximate surface area is 129 Å². The Morgan fingerprint density at radius 1 is 1.36 bits per heavy atom. The first-order chi connectivity index (χ1) is 10.8. The zero-order valence-electron chi connectivity index (χ0n) is 12.4. The van der Waals surface area contributed by atoms with Gasteiger partial charge in [-0.3, -0.25) is 4.79 Å². The summed E-state index contributed by atoms with van der Waals surface area (Å²) < 4.78 is 7.84. The molecule has 5 nitrogen and oxygen atoms in total. The second-order valence-corrected chi connectivity index (χ2v) is 6.06. The van der Waals surface area contributed by atoms with Crippen LogP contribution in [0, 0.1) is 5.92 Å². The van der Waals surface area contributed by atoms with Crippen molar-refractivity contribution in [2.45, 2.75) is 31.8 Å². The maximum atomic E-state index is 12.5. The summed E-state index contributed by atoms with van der Waals surface area (Å²) in [6, 6.07) is 8.14. The quantitative estimate of drug-likeness (QED) is 0.915. The molecule has 0 bridgehead atoms. The number of aryl methyl sites for hydroxylation is 1. The van der Waals surface area contributed by atoms with Crippen molar-refractivity contribution in [2.24, 2.45) is 5.92 Å². The molecule has 4 rings (SSSR count). The number of hydrogen-bond donors (Lipinski definition) is 1. The number of para-hydroxylation sites is 1. The van der Waals surface area contributed by atoms with Crippen LogP contribution in [-0.4, -0.2) is 28.1 Å². The maximum absolute atomic E-state index is 12.5. The van der Waals surface area contributed by atoms with Crippen molar-refractivity contribution in [3.8, 4) is 5.75 Å². The lowest BCUT2D eigenvalue weighted by Gasteiger charge is -2.29. The minimum Gasteiger partial charge on any atom is -0.492 e. The van der Waals surface area contributed by atoms with Crippen LogP contribution in [0.2, 0.25) is 0 Å². The Hall–Kier alpha value is -2.30. The smallest absolute Gasteiger partial charge is 0.227 e. The van der Waals surface area contributed by atoms with Gasteiger partial charge in [-0.2, -0.15) is 0 Å². The minimum absolute atomic E-state index is 0.0981. The van der Waals surface area contributed by atoms with E-state index in [1.807, 2.05) is 36.7 Å². The number of imidazole rings is 1. The van der Waals surface area contributed by atoms with Gasteiger partial charge in [0.1, 0.15) is 18.2 Å². The number of nitrogens with one attached hydrogen (secondary N) is 1. The topological polar surface area (TPSA) is 56.2 Å². The van der Waals surface area contributed by atoms with E-state index < -0.39 is 0 Å². The van der Waals surface area contributed by atoms with E-state index in [2.05, 4.69) is 14.9 Å². The van der Waals surface area contributed by atoms with E-state index in [9.17, 15) is 4.79 Å². The van der Waals surface area contributed by atoms with Crippen molar-refractivity contribution in [3.05, 3.63) is 48.0 Å². The summed E-state index contributed by atoms with van der Waals surface area (Å²) in [5.74, 6) is 2.02. The molecule has 0 fully saturated rings. The summed E-state index contributed by atoms with van der Waals surface area (Å²) in [5, 5.41) is 3.18. The molecule has 0 aliphatic carbocycles. The van der Waals surface area contributed by atoms with Crippen LogP contribution in [0.3, 0.4) is 0 Å². The van der Waals surface area contributed by atoms with Gasteiger partial charge in [-0.05, 0) is 24.5 Å². The molecule has 22 heavy (non-hydrogen) atoms. The Bertz CT molecular complexity index is 695. The number of carbonyl (C=O) groups is 1. The second-order valence-electron chi connectivity index (χ2n) is 6.06. The number of carbonyl (C=O) groups excluding carboxylic acids is 1. The van der Waals surface area contributed by atoms with Crippen molar-refractivity contribution in [1.29, 1.82) is 0 Å². The third-order valence-electron chi connectivity index (χ3n) is 4.53. The number of nitrogens with zero attached hydrogens (tertiary/aromatic N) is 2. The Balaban J connectivity index is 1.39. The van der Waals surface area contributed by atoms with Crippen LogP contribution in [0.15, 0.2) is 36.7 Å². The molecule has 0 spiro atoms. The van der Waals surface area contributed by atoms with Crippen molar-refractivity contribution >= 4 is 5.91 Å². The van der Waals surface area contributed by atoms with E-state index in [0.717, 1.165) is 42.9 Å². The number of benzene rings is 1. The number of rotatable bonds is 2. The number of ether oxygens (including phenoxy) is 1. The van der Waals surface area contributed by atoms with Crippen LogP contribution in [0.1, 0.15) is 17.8 Å². The van der Waals surface area contributed by atoms with Crippen LogP contribution in [-0.2, 0) is 24.2 Å². The summed E-state index contributed by atoms with van der Waals surface area (Å²) in [6.45, 7) is 1.27. The molecule has 0 radical (unpaired) electrons. The molecule has 0 saturated heterocycles. The van der Waals surface area contributed by atoms with Gasteiger partial charge in [-0.25, -0.2) is 4.98 Å². The Morgan fingerprint density at radius 3 is 3.23 bits per heavy atom. The third kappa shape index (κ3) is 2.47. The fourth-order valence-corrected chi connectivity index (χ4v) is 3.30. The first kappa shape index (κ1) is 13.4. The molecule has 0 saturated carbocycles. The molecule has 1 amide bonds. The molecule has 5 heteroatoms. The maximum Gasteiger partial charge on any atom is 0.227 e. The Kier molecular flexibility index (Phi) is 3.33. The lowest BCUT2D eigenvalue weighted by Crippen LogP contribution is -2.46. The summed E-state index contributed by atoms with van der Waals surface area (Å²) in [4.78, 5) is 16.8. The van der Waals surface area contributed by atoms with Crippen molar-refractivity contribution in [3.63, 3.8) is 0 Å². The first-order valence-electron chi connectivity index (χ1n) is 7.80. The van der Waals surface area contributed by atoms with Gasteiger partial charge in [0.25, 0.3) is 0 Å². The fourth-order valence-electron chi connectivity index (χ4n) is 3.30. The summed E-state index contributed by atoms with van der Waals surface area (Å²) in [6.07, 6.45) is 6.43. The highest BCUT2D eigenvalue weighted by atomic mass is 16.5. The highest BCUT2D eigenvalue weighted by Gasteiger charge is 2.28. The molecule has 1 aromatic heterocycles. The largest absolute Gasteiger partial charge is 0.492 e. The third-order valence-corrected chi connectivity index (χ3v) is 4.53. The van der Waals surface area contributed by atoms with Crippen LogP contribution in [0.25, 0.3) is 0 Å². The van der Waals surface area contributed by atoms with Gasteiger partial charge in [0.15, 0.2) is 0 Å². The number of aromatic nitrogens is 2. The van der Waals surface area contributed by atoms with Crippen LogP contribution in [0.4, 0.5) is 0 Å². The lowest BCUT2D eigenvalue weighted by atomic mass is 9.95. The zero-order valence-corrected chi connectivity index (χ0v) is 12.4. The molecule has 2 aliphatic rings. The summed E-state index contributed by atoms with van der Waals surface area (Å²) >= 11 is 0. The van der Waals surface area contributed by atoms with Gasteiger partial charge in [-0.15, -0.1) is 0 Å².